The van der Waals surface area contributed by atoms with Crippen LogP contribution in [0.5, 0.6) is 0 Å². The number of nitrogens with zero attached hydrogens (tertiary/aromatic N) is 4. The van der Waals surface area contributed by atoms with E-state index >= 15 is 0 Å². The van der Waals surface area contributed by atoms with Gasteiger partial charge in [0.15, 0.2) is 0 Å². The van der Waals surface area contributed by atoms with Gasteiger partial charge in [0.2, 0.25) is 17.8 Å². The smallest absolute Gasteiger partial charge is 0.231 e. The van der Waals surface area contributed by atoms with Crippen LogP contribution in [0.4, 0.5) is 17.8 Å². The van der Waals surface area contributed by atoms with Crippen molar-refractivity contribution < 1.29 is 5.11 Å². The highest BCUT2D eigenvalue weighted by atomic mass is 16.3. The van der Waals surface area contributed by atoms with Crippen molar-refractivity contribution in [3.8, 4) is 0 Å². The number of nitrogens with one attached hydrogen (secondary N) is 1. The van der Waals surface area contributed by atoms with E-state index in [1.54, 1.807) is 4.90 Å². The maximum Gasteiger partial charge on any atom is 0.231 e. The molecule has 0 saturated heterocycles. The fraction of sp³-hybridized carbons (Fsp3) is 0.769. The highest BCUT2D eigenvalue weighted by molar-refractivity contribution is 5.42. The van der Waals surface area contributed by atoms with Gasteiger partial charge in [-0.1, -0.05) is 19.8 Å². The van der Waals surface area contributed by atoms with E-state index in [0.717, 1.165) is 19.3 Å². The summed E-state index contributed by atoms with van der Waals surface area (Å²) < 4.78 is 0. The summed E-state index contributed by atoms with van der Waals surface area (Å²) >= 11 is 0. The Morgan fingerprint density at radius 1 is 1.40 bits per heavy atom. The lowest BCUT2D eigenvalue weighted by molar-refractivity contribution is 0.149. The second-order valence-electron chi connectivity index (χ2n) is 5.98. The van der Waals surface area contributed by atoms with Gasteiger partial charge in [-0.05, 0) is 18.8 Å². The van der Waals surface area contributed by atoms with Gasteiger partial charge in [0, 0.05) is 14.1 Å². The van der Waals surface area contributed by atoms with Gasteiger partial charge in [-0.25, -0.2) is 0 Å². The molecule has 0 aliphatic heterocycles. The Morgan fingerprint density at radius 3 is 2.75 bits per heavy atom. The summed E-state index contributed by atoms with van der Waals surface area (Å²) in [7, 11) is 3.70. The van der Waals surface area contributed by atoms with E-state index in [2.05, 4.69) is 27.2 Å². The maximum absolute atomic E-state index is 9.79. The van der Waals surface area contributed by atoms with Crippen LogP contribution in [0.3, 0.4) is 0 Å². The predicted octanol–water partition coefficient (Wildman–Crippen LogP) is 0.873. The topological polar surface area (TPSA) is 100 Å². The number of hydrogen-bond acceptors (Lipinski definition) is 7. The molecule has 1 aliphatic carbocycles. The molecule has 1 heterocycles. The normalized spacial score (nSPS) is 26.3. The molecule has 0 aromatic carbocycles. The van der Waals surface area contributed by atoms with Crippen LogP contribution in [0.25, 0.3) is 0 Å². The zero-order chi connectivity index (χ0) is 14.8. The lowest BCUT2D eigenvalue weighted by atomic mass is 9.77. The molecule has 0 spiro atoms. The monoisotopic (exact) mass is 280 g/mol. The number of aliphatic hydroxyl groups is 1. The van der Waals surface area contributed by atoms with Gasteiger partial charge in [-0.2, -0.15) is 15.0 Å². The first-order chi connectivity index (χ1) is 9.44. The molecule has 1 aromatic heterocycles. The SMILES string of the molecule is CC1CCCC(CO)(Nc2nc(N)nc(N(C)C)n2)C1. The van der Waals surface area contributed by atoms with Gasteiger partial charge in [0.05, 0.1) is 12.1 Å². The molecule has 2 unspecified atom stereocenters. The number of rotatable bonds is 4. The van der Waals surface area contributed by atoms with Crippen molar-refractivity contribution in [1.29, 1.82) is 0 Å². The average molecular weight is 280 g/mol. The van der Waals surface area contributed by atoms with Crippen LogP contribution in [-0.4, -0.2) is 46.3 Å². The van der Waals surface area contributed by atoms with Crippen molar-refractivity contribution in [3.63, 3.8) is 0 Å². The summed E-state index contributed by atoms with van der Waals surface area (Å²) in [5.74, 6) is 1.71. The summed E-state index contributed by atoms with van der Waals surface area (Å²) in [6.07, 6.45) is 4.12. The molecule has 0 bridgehead atoms. The molecule has 0 amide bonds. The van der Waals surface area contributed by atoms with Crippen LogP contribution in [0, 0.1) is 5.92 Å². The minimum absolute atomic E-state index is 0.0697. The van der Waals surface area contributed by atoms with E-state index in [4.69, 9.17) is 5.73 Å². The molecule has 1 saturated carbocycles. The number of anilines is 3. The van der Waals surface area contributed by atoms with Crippen molar-refractivity contribution >= 4 is 17.8 Å². The number of aromatic nitrogens is 3. The number of nitrogen functional groups attached to an aromatic ring is 1. The molecule has 112 valence electrons. The fourth-order valence-corrected chi connectivity index (χ4v) is 2.83. The van der Waals surface area contributed by atoms with Gasteiger partial charge in [-0.3, -0.25) is 0 Å². The molecule has 4 N–H and O–H groups in total. The minimum atomic E-state index is -0.352. The average Bonchev–Trinajstić information content (AvgIpc) is 2.38. The quantitative estimate of drug-likeness (QED) is 0.752. The van der Waals surface area contributed by atoms with E-state index in [1.165, 1.54) is 6.42 Å². The lowest BCUT2D eigenvalue weighted by Gasteiger charge is -2.39. The van der Waals surface area contributed by atoms with Gasteiger partial charge in [0.25, 0.3) is 0 Å². The Labute approximate surface area is 119 Å². The predicted molar refractivity (Wildman–Crippen MR) is 79.6 cm³/mol. The van der Waals surface area contributed by atoms with Gasteiger partial charge >= 0.3 is 0 Å². The zero-order valence-corrected chi connectivity index (χ0v) is 12.4. The highest BCUT2D eigenvalue weighted by Crippen LogP contribution is 2.34. The molecule has 1 fully saturated rings. The summed E-state index contributed by atoms with van der Waals surface area (Å²) in [4.78, 5) is 14.3. The van der Waals surface area contributed by atoms with E-state index < -0.39 is 0 Å². The summed E-state index contributed by atoms with van der Waals surface area (Å²) in [5, 5.41) is 13.1. The van der Waals surface area contributed by atoms with Crippen molar-refractivity contribution in [1.82, 2.24) is 15.0 Å². The van der Waals surface area contributed by atoms with Crippen molar-refractivity contribution in [2.24, 2.45) is 5.92 Å². The standard InChI is InChI=1S/C13H24N6O/c1-9-5-4-6-13(7-9,8-20)18-11-15-10(14)16-12(17-11)19(2)3/h9,20H,4-8H2,1-3H3,(H3,14,15,16,17,18). The van der Waals surface area contributed by atoms with Crippen LogP contribution in [0.15, 0.2) is 0 Å². The molecule has 1 aromatic rings. The third-order valence-corrected chi connectivity index (χ3v) is 3.81. The molecular formula is C13H24N6O. The highest BCUT2D eigenvalue weighted by Gasteiger charge is 2.35. The Hall–Kier alpha value is -1.63. The van der Waals surface area contributed by atoms with Crippen LogP contribution in [0.1, 0.15) is 32.6 Å². The summed E-state index contributed by atoms with van der Waals surface area (Å²) in [5.41, 5.74) is 5.37. The van der Waals surface area contributed by atoms with E-state index in [1.807, 2.05) is 14.1 Å². The molecule has 20 heavy (non-hydrogen) atoms. The van der Waals surface area contributed by atoms with Crippen LogP contribution < -0.4 is 16.0 Å². The fourth-order valence-electron chi connectivity index (χ4n) is 2.83. The molecule has 0 radical (unpaired) electrons. The van der Waals surface area contributed by atoms with Crippen molar-refractivity contribution in [2.45, 2.75) is 38.1 Å². The second kappa shape index (κ2) is 5.78. The number of hydrogen-bond donors (Lipinski definition) is 3. The Morgan fingerprint density at radius 2 is 2.15 bits per heavy atom. The van der Waals surface area contributed by atoms with Gasteiger partial charge < -0.3 is 21.1 Å². The summed E-state index contributed by atoms with van der Waals surface area (Å²) in [6, 6.07) is 0. The van der Waals surface area contributed by atoms with E-state index in [-0.39, 0.29) is 18.1 Å². The third-order valence-electron chi connectivity index (χ3n) is 3.81. The van der Waals surface area contributed by atoms with Crippen LogP contribution in [0.2, 0.25) is 0 Å². The summed E-state index contributed by atoms with van der Waals surface area (Å²) in [6.45, 7) is 2.28. The minimum Gasteiger partial charge on any atom is -0.394 e. The van der Waals surface area contributed by atoms with Crippen molar-refractivity contribution in [3.05, 3.63) is 0 Å². The van der Waals surface area contributed by atoms with E-state index in [0.29, 0.717) is 17.8 Å². The Bertz CT molecular complexity index is 466. The molecule has 7 heteroatoms. The second-order valence-corrected chi connectivity index (χ2v) is 5.98. The first-order valence-corrected chi connectivity index (χ1v) is 7.02. The first kappa shape index (κ1) is 14.8. The lowest BCUT2D eigenvalue weighted by Crippen LogP contribution is -2.46. The molecule has 2 rings (SSSR count). The molecular weight excluding hydrogens is 256 g/mol. The molecule has 2 atom stereocenters. The third kappa shape index (κ3) is 3.27. The zero-order valence-electron chi connectivity index (χ0n) is 12.4. The largest absolute Gasteiger partial charge is 0.394 e. The Balaban J connectivity index is 2.23. The number of aliphatic hydroxyl groups excluding tert-OH is 1. The van der Waals surface area contributed by atoms with Gasteiger partial charge in [-0.15, -0.1) is 0 Å². The molecule has 1 aliphatic rings. The first-order valence-electron chi connectivity index (χ1n) is 7.02. The number of nitrogens with two attached hydrogens (primary N) is 1. The van der Waals surface area contributed by atoms with Crippen LogP contribution in [-0.2, 0) is 0 Å². The van der Waals surface area contributed by atoms with Crippen LogP contribution >= 0.6 is 0 Å². The Kier molecular flexibility index (Phi) is 4.27. The van der Waals surface area contributed by atoms with Crippen molar-refractivity contribution in [2.75, 3.05) is 36.7 Å². The maximum atomic E-state index is 9.79. The van der Waals surface area contributed by atoms with Gasteiger partial charge in [0.1, 0.15) is 0 Å². The molecule has 7 nitrogen and oxygen atoms in total. The van der Waals surface area contributed by atoms with E-state index in [9.17, 15) is 5.11 Å².